The van der Waals surface area contributed by atoms with Crippen molar-refractivity contribution in [3.63, 3.8) is 0 Å². The zero-order valence-electron chi connectivity index (χ0n) is 6.71. The van der Waals surface area contributed by atoms with Crippen LogP contribution in [0.25, 0.3) is 0 Å². The largest absolute Gasteiger partial charge is 0.396 e. The van der Waals surface area contributed by atoms with Crippen LogP contribution in [0.4, 0.5) is 0 Å². The Morgan fingerprint density at radius 2 is 2.20 bits per heavy atom. The second kappa shape index (κ2) is 5.81. The van der Waals surface area contributed by atoms with Crippen molar-refractivity contribution >= 4 is 11.8 Å². The third-order valence-electron chi connectivity index (χ3n) is 1.31. The van der Waals surface area contributed by atoms with Crippen molar-refractivity contribution in [3.8, 4) is 0 Å². The molecule has 0 aromatic carbocycles. The van der Waals surface area contributed by atoms with E-state index in [1.165, 1.54) is 0 Å². The lowest BCUT2D eigenvalue weighted by Crippen LogP contribution is -2.04. The van der Waals surface area contributed by atoms with Crippen LogP contribution in [0.5, 0.6) is 0 Å². The molecule has 0 aliphatic carbocycles. The maximum Gasteiger partial charge on any atom is 0.0441 e. The molecule has 0 aliphatic rings. The Morgan fingerprint density at radius 3 is 2.60 bits per heavy atom. The van der Waals surface area contributed by atoms with Crippen LogP contribution in [-0.4, -0.2) is 22.2 Å². The fraction of sp³-hybridized carbons (Fsp3) is 0.750. The van der Waals surface area contributed by atoms with Crippen molar-refractivity contribution in [1.82, 2.24) is 0 Å². The Hall–Kier alpha value is 0.0500. The third kappa shape index (κ3) is 4.89. The fourth-order valence-corrected chi connectivity index (χ4v) is 1.76. The van der Waals surface area contributed by atoms with Gasteiger partial charge in [-0.3, -0.25) is 0 Å². The molecule has 0 amide bonds. The summed E-state index contributed by atoms with van der Waals surface area (Å²) in [4.78, 5) is 0. The van der Waals surface area contributed by atoms with Gasteiger partial charge >= 0.3 is 0 Å². The predicted molar refractivity (Wildman–Crippen MR) is 48.4 cm³/mol. The molecule has 0 heterocycles. The van der Waals surface area contributed by atoms with E-state index in [1.54, 1.807) is 0 Å². The zero-order valence-corrected chi connectivity index (χ0v) is 7.53. The highest BCUT2D eigenvalue weighted by Gasteiger charge is 2.04. The van der Waals surface area contributed by atoms with Crippen LogP contribution in [0.15, 0.2) is 12.7 Å². The van der Waals surface area contributed by atoms with Gasteiger partial charge in [-0.2, -0.15) is 11.8 Å². The lowest BCUT2D eigenvalue weighted by atomic mass is 10.3. The first-order chi connectivity index (χ1) is 4.70. The Morgan fingerprint density at radius 1 is 1.60 bits per heavy atom. The summed E-state index contributed by atoms with van der Waals surface area (Å²) in [7, 11) is 0. The van der Waals surface area contributed by atoms with Gasteiger partial charge in [-0.25, -0.2) is 0 Å². The number of hydrogen-bond donors (Lipinski definition) is 1. The minimum absolute atomic E-state index is 0.290. The molecule has 0 radical (unpaired) electrons. The molecule has 0 fully saturated rings. The molecule has 0 aliphatic heterocycles. The molecule has 0 rings (SSSR count). The summed E-state index contributed by atoms with van der Waals surface area (Å²) in [5.74, 6) is 0. The molecular weight excluding hydrogens is 144 g/mol. The molecule has 10 heavy (non-hydrogen) atoms. The lowest BCUT2D eigenvalue weighted by molar-refractivity contribution is 0.289. The fourth-order valence-electron chi connectivity index (χ4n) is 0.672. The van der Waals surface area contributed by atoms with E-state index in [0.29, 0.717) is 10.5 Å². The molecule has 0 bridgehead atoms. The minimum atomic E-state index is 0.290. The summed E-state index contributed by atoms with van der Waals surface area (Å²) in [5, 5.41) is 9.62. The van der Waals surface area contributed by atoms with Crippen molar-refractivity contribution in [2.75, 3.05) is 6.61 Å². The van der Waals surface area contributed by atoms with Gasteiger partial charge < -0.3 is 5.11 Å². The van der Waals surface area contributed by atoms with Crippen LogP contribution in [0, 0.1) is 0 Å². The minimum Gasteiger partial charge on any atom is -0.396 e. The zero-order chi connectivity index (χ0) is 7.98. The highest BCUT2D eigenvalue weighted by molar-refractivity contribution is 8.00. The molecule has 0 aromatic rings. The van der Waals surface area contributed by atoms with E-state index >= 15 is 0 Å². The van der Waals surface area contributed by atoms with Gasteiger partial charge in [0.15, 0.2) is 0 Å². The molecule has 0 aromatic heterocycles. The molecule has 2 heteroatoms. The van der Waals surface area contributed by atoms with Gasteiger partial charge in [0.1, 0.15) is 0 Å². The summed E-state index contributed by atoms with van der Waals surface area (Å²) in [6.45, 7) is 8.22. The number of thioether (sulfide) groups is 1. The summed E-state index contributed by atoms with van der Waals surface area (Å²) >= 11 is 1.85. The average molecular weight is 160 g/mol. The van der Waals surface area contributed by atoms with Gasteiger partial charge in [-0.05, 0) is 13.3 Å². The number of aliphatic hydroxyl groups is 1. The van der Waals surface area contributed by atoms with Crippen molar-refractivity contribution < 1.29 is 5.11 Å². The smallest absolute Gasteiger partial charge is 0.0441 e. The third-order valence-corrected chi connectivity index (χ3v) is 2.64. The first kappa shape index (κ1) is 10.0. The second-order valence-electron chi connectivity index (χ2n) is 2.40. The first-order valence-corrected chi connectivity index (χ1v) is 4.53. The van der Waals surface area contributed by atoms with Crippen LogP contribution >= 0.6 is 11.8 Å². The summed E-state index contributed by atoms with van der Waals surface area (Å²) < 4.78 is 0. The second-order valence-corrected chi connectivity index (χ2v) is 4.22. The van der Waals surface area contributed by atoms with E-state index in [-0.39, 0.29) is 6.61 Å². The Balaban J connectivity index is 3.36. The van der Waals surface area contributed by atoms with Crippen molar-refractivity contribution in [3.05, 3.63) is 12.7 Å². The molecule has 60 valence electrons. The average Bonchev–Trinajstić information content (AvgIpc) is 1.88. The van der Waals surface area contributed by atoms with Crippen molar-refractivity contribution in [2.45, 2.75) is 30.8 Å². The standard InChI is InChI=1S/C8H16OS/c1-4-7(2)10-8(3)5-6-9/h4,7-9H,1,5-6H2,2-3H3. The molecule has 0 saturated heterocycles. The van der Waals surface area contributed by atoms with Crippen LogP contribution in [-0.2, 0) is 0 Å². The number of rotatable bonds is 5. The molecule has 0 saturated carbocycles. The van der Waals surface area contributed by atoms with Crippen LogP contribution in [0.2, 0.25) is 0 Å². The van der Waals surface area contributed by atoms with Crippen molar-refractivity contribution in [2.24, 2.45) is 0 Å². The van der Waals surface area contributed by atoms with Crippen LogP contribution in [0.1, 0.15) is 20.3 Å². The molecule has 2 atom stereocenters. The summed E-state index contributed by atoms with van der Waals surface area (Å²) in [6, 6.07) is 0. The van der Waals surface area contributed by atoms with Gasteiger partial charge in [0.2, 0.25) is 0 Å². The Labute approximate surface area is 67.5 Å². The monoisotopic (exact) mass is 160 g/mol. The van der Waals surface area contributed by atoms with Crippen molar-refractivity contribution in [1.29, 1.82) is 0 Å². The van der Waals surface area contributed by atoms with E-state index in [9.17, 15) is 0 Å². The van der Waals surface area contributed by atoms with E-state index in [4.69, 9.17) is 5.11 Å². The molecule has 0 spiro atoms. The summed E-state index contributed by atoms with van der Waals surface area (Å²) in [6.07, 6.45) is 2.81. The SMILES string of the molecule is C=CC(C)SC(C)CCO. The topological polar surface area (TPSA) is 20.2 Å². The highest BCUT2D eigenvalue weighted by Crippen LogP contribution is 2.19. The maximum atomic E-state index is 8.58. The van der Waals surface area contributed by atoms with Gasteiger partial charge in [0, 0.05) is 17.1 Å². The number of aliphatic hydroxyl groups excluding tert-OH is 1. The Bertz CT molecular complexity index is 93.3. The van der Waals surface area contributed by atoms with Crippen LogP contribution in [0.3, 0.4) is 0 Å². The van der Waals surface area contributed by atoms with E-state index < -0.39 is 0 Å². The highest BCUT2D eigenvalue weighted by atomic mass is 32.2. The van der Waals surface area contributed by atoms with Gasteiger partial charge in [0.05, 0.1) is 0 Å². The first-order valence-electron chi connectivity index (χ1n) is 3.59. The predicted octanol–water partition coefficient (Wildman–Crippen LogP) is 2.06. The van der Waals surface area contributed by atoms with E-state index in [1.807, 2.05) is 17.8 Å². The van der Waals surface area contributed by atoms with E-state index in [0.717, 1.165) is 6.42 Å². The summed E-state index contributed by atoms with van der Waals surface area (Å²) in [5.41, 5.74) is 0. The van der Waals surface area contributed by atoms with Gasteiger partial charge in [-0.15, -0.1) is 6.58 Å². The van der Waals surface area contributed by atoms with Crippen LogP contribution < -0.4 is 0 Å². The maximum absolute atomic E-state index is 8.58. The van der Waals surface area contributed by atoms with E-state index in [2.05, 4.69) is 20.4 Å². The molecular formula is C8H16OS. The molecule has 1 nitrogen and oxygen atoms in total. The van der Waals surface area contributed by atoms with Gasteiger partial charge in [0.25, 0.3) is 0 Å². The van der Waals surface area contributed by atoms with Gasteiger partial charge in [-0.1, -0.05) is 13.0 Å². The quantitative estimate of drug-likeness (QED) is 0.621. The number of hydrogen-bond acceptors (Lipinski definition) is 2. The lowest BCUT2D eigenvalue weighted by Gasteiger charge is -2.11. The molecule has 1 N–H and O–H groups in total. The normalized spacial score (nSPS) is 16.3. The molecule has 2 unspecified atom stereocenters. The Kier molecular flexibility index (Phi) is 5.84.